The van der Waals surface area contributed by atoms with Crippen LogP contribution in [0.2, 0.25) is 0 Å². The zero-order valence-electron chi connectivity index (χ0n) is 21.7. The average molecular weight is 473 g/mol. The lowest BCUT2D eigenvalue weighted by atomic mass is 10.1. The van der Waals surface area contributed by atoms with Crippen LogP contribution in [0.4, 0.5) is 10.5 Å². The Balaban J connectivity index is 0.00000199. The zero-order valence-corrected chi connectivity index (χ0v) is 21.7. The van der Waals surface area contributed by atoms with E-state index in [4.69, 9.17) is 14.6 Å². The van der Waals surface area contributed by atoms with E-state index < -0.39 is 5.60 Å². The van der Waals surface area contributed by atoms with Crippen LogP contribution in [-0.4, -0.2) is 58.1 Å². The number of carbonyl (C=O) groups is 2. The van der Waals surface area contributed by atoms with E-state index in [1.54, 1.807) is 4.90 Å². The van der Waals surface area contributed by atoms with Crippen molar-refractivity contribution in [1.82, 2.24) is 14.7 Å². The Morgan fingerprint density at radius 3 is 2.62 bits per heavy atom. The summed E-state index contributed by atoms with van der Waals surface area (Å²) in [6, 6.07) is 9.75. The smallest absolute Gasteiger partial charge is 0.410 e. The first kappa shape index (κ1) is 27.4. The van der Waals surface area contributed by atoms with Gasteiger partial charge in [-0.15, -0.1) is 0 Å². The molecule has 34 heavy (non-hydrogen) atoms. The largest absolute Gasteiger partial charge is 0.444 e. The van der Waals surface area contributed by atoms with Crippen molar-refractivity contribution in [3.63, 3.8) is 0 Å². The third kappa shape index (κ3) is 8.17. The summed E-state index contributed by atoms with van der Waals surface area (Å²) in [5.41, 5.74) is 3.12. The first-order valence-electron chi connectivity index (χ1n) is 12.2. The highest BCUT2D eigenvalue weighted by Crippen LogP contribution is 2.24. The maximum absolute atomic E-state index is 12.5. The number of nitrogens with one attached hydrogen (secondary N) is 1. The number of hydrogen-bond donors (Lipinski definition) is 1. The highest BCUT2D eigenvalue weighted by Gasteiger charge is 2.29. The van der Waals surface area contributed by atoms with Crippen molar-refractivity contribution >= 4 is 17.7 Å². The number of rotatable bonds is 6. The summed E-state index contributed by atoms with van der Waals surface area (Å²) in [6.45, 7) is 15.2. The topological polar surface area (TPSA) is 85.7 Å². The van der Waals surface area contributed by atoms with Crippen LogP contribution in [-0.2, 0) is 27.2 Å². The van der Waals surface area contributed by atoms with Crippen molar-refractivity contribution in [2.24, 2.45) is 0 Å². The molecule has 188 valence electrons. The van der Waals surface area contributed by atoms with Crippen molar-refractivity contribution in [3.8, 4) is 11.3 Å². The molecule has 0 saturated carbocycles. The van der Waals surface area contributed by atoms with Crippen molar-refractivity contribution < 1.29 is 19.1 Å². The molecule has 1 saturated heterocycles. The van der Waals surface area contributed by atoms with Gasteiger partial charge in [0.05, 0.1) is 31.5 Å². The number of hydrogen-bond acceptors (Lipinski definition) is 5. The van der Waals surface area contributed by atoms with E-state index in [9.17, 15) is 9.59 Å². The minimum Gasteiger partial charge on any atom is -0.444 e. The standard InChI is InChI=1S/C24H34N4O4.C2H6/c1-6-8-20-14-22(18-9-7-10-19(13-18)25-17(2)29)26-28(20)16-21-15-27(11-12-31-21)23(30)32-24(3,4)5;1-2/h7,9-10,13-14,21H,6,8,11-12,15-16H2,1-5H3,(H,25,29);1-2H3. The fourth-order valence-electron chi connectivity index (χ4n) is 3.69. The second-order valence-corrected chi connectivity index (χ2v) is 9.13. The van der Waals surface area contributed by atoms with E-state index in [2.05, 4.69) is 18.3 Å². The lowest BCUT2D eigenvalue weighted by Gasteiger charge is -2.34. The van der Waals surface area contributed by atoms with Gasteiger partial charge in [0.2, 0.25) is 5.91 Å². The molecule has 0 spiro atoms. The quantitative estimate of drug-likeness (QED) is 0.630. The normalized spacial score (nSPS) is 15.9. The Morgan fingerprint density at radius 2 is 1.97 bits per heavy atom. The molecule has 1 aromatic carbocycles. The number of amides is 2. The third-order valence-electron chi connectivity index (χ3n) is 5.02. The lowest BCUT2D eigenvalue weighted by molar-refractivity contribution is -0.114. The number of ether oxygens (including phenoxy) is 2. The molecule has 2 amide bonds. The van der Waals surface area contributed by atoms with E-state index >= 15 is 0 Å². The van der Waals surface area contributed by atoms with Gasteiger partial charge in [0.1, 0.15) is 5.60 Å². The Kier molecular flexibility index (Phi) is 10.1. The summed E-state index contributed by atoms with van der Waals surface area (Å²) in [5, 5.41) is 7.65. The van der Waals surface area contributed by atoms with E-state index in [1.165, 1.54) is 6.92 Å². The Morgan fingerprint density at radius 1 is 1.24 bits per heavy atom. The molecule has 1 fully saturated rings. The summed E-state index contributed by atoms with van der Waals surface area (Å²) in [5.74, 6) is -0.108. The van der Waals surface area contributed by atoms with Gasteiger partial charge in [0.15, 0.2) is 0 Å². The summed E-state index contributed by atoms with van der Waals surface area (Å²) in [4.78, 5) is 25.6. The Bertz CT molecular complexity index is 949. The molecule has 0 aliphatic carbocycles. The molecule has 2 aromatic rings. The number of nitrogens with zero attached hydrogens (tertiary/aromatic N) is 3. The molecule has 1 aliphatic rings. The summed E-state index contributed by atoms with van der Waals surface area (Å²) in [7, 11) is 0. The van der Waals surface area contributed by atoms with Gasteiger partial charge in [-0.1, -0.05) is 39.3 Å². The van der Waals surface area contributed by atoms with Gasteiger partial charge in [0.25, 0.3) is 0 Å². The number of aromatic nitrogens is 2. The van der Waals surface area contributed by atoms with Gasteiger partial charge in [0, 0.05) is 30.4 Å². The molecule has 3 rings (SSSR count). The van der Waals surface area contributed by atoms with E-state index in [0.717, 1.165) is 35.5 Å². The predicted molar refractivity (Wildman–Crippen MR) is 135 cm³/mol. The molecule has 8 nitrogen and oxygen atoms in total. The van der Waals surface area contributed by atoms with Gasteiger partial charge in [-0.25, -0.2) is 4.79 Å². The molecule has 1 unspecified atom stereocenters. The number of benzene rings is 1. The molecular weight excluding hydrogens is 432 g/mol. The number of anilines is 1. The fraction of sp³-hybridized carbons (Fsp3) is 0.577. The van der Waals surface area contributed by atoms with Crippen molar-refractivity contribution in [2.75, 3.05) is 25.0 Å². The number of morpholine rings is 1. The summed E-state index contributed by atoms with van der Waals surface area (Å²) in [6.07, 6.45) is 1.41. The molecule has 0 radical (unpaired) electrons. The molecule has 1 aliphatic heterocycles. The minimum absolute atomic E-state index is 0.108. The Hall–Kier alpha value is -2.87. The zero-order chi connectivity index (χ0) is 25.3. The molecular formula is C26H40N4O4. The molecule has 1 N–H and O–H groups in total. The highest BCUT2D eigenvalue weighted by molar-refractivity contribution is 5.89. The van der Waals surface area contributed by atoms with Crippen LogP contribution in [0, 0.1) is 0 Å². The third-order valence-corrected chi connectivity index (χ3v) is 5.02. The lowest BCUT2D eigenvalue weighted by Crippen LogP contribution is -2.48. The maximum atomic E-state index is 12.5. The van der Waals surface area contributed by atoms with Gasteiger partial charge in [-0.05, 0) is 45.4 Å². The van der Waals surface area contributed by atoms with Crippen LogP contribution in [0.5, 0.6) is 0 Å². The van der Waals surface area contributed by atoms with Crippen molar-refractivity contribution in [2.45, 2.75) is 79.6 Å². The van der Waals surface area contributed by atoms with Gasteiger partial charge in [-0.3, -0.25) is 9.48 Å². The van der Waals surface area contributed by atoms with Crippen LogP contribution in [0.1, 0.15) is 60.6 Å². The number of carbonyl (C=O) groups excluding carboxylic acids is 2. The van der Waals surface area contributed by atoms with E-state index in [-0.39, 0.29) is 18.1 Å². The second-order valence-electron chi connectivity index (χ2n) is 9.13. The van der Waals surface area contributed by atoms with Gasteiger partial charge < -0.3 is 19.7 Å². The summed E-state index contributed by atoms with van der Waals surface area (Å²) >= 11 is 0. The van der Waals surface area contributed by atoms with Gasteiger partial charge in [-0.2, -0.15) is 5.10 Å². The first-order valence-corrected chi connectivity index (χ1v) is 12.2. The van der Waals surface area contributed by atoms with Crippen molar-refractivity contribution in [3.05, 3.63) is 36.0 Å². The van der Waals surface area contributed by atoms with Crippen LogP contribution < -0.4 is 5.32 Å². The fourth-order valence-corrected chi connectivity index (χ4v) is 3.69. The molecule has 1 atom stereocenters. The maximum Gasteiger partial charge on any atom is 0.410 e. The SMILES string of the molecule is CC.CCCc1cc(-c2cccc(NC(C)=O)c2)nn1CC1CN(C(=O)OC(C)(C)C)CCO1. The van der Waals surface area contributed by atoms with Crippen LogP contribution in [0.3, 0.4) is 0 Å². The monoisotopic (exact) mass is 472 g/mol. The number of aryl methyl sites for hydroxylation is 1. The molecule has 8 heteroatoms. The summed E-state index contributed by atoms with van der Waals surface area (Å²) < 4.78 is 13.4. The molecule has 0 bridgehead atoms. The van der Waals surface area contributed by atoms with E-state index in [1.807, 2.05) is 63.6 Å². The average Bonchev–Trinajstić information content (AvgIpc) is 3.16. The van der Waals surface area contributed by atoms with Crippen LogP contribution in [0.25, 0.3) is 11.3 Å². The van der Waals surface area contributed by atoms with Crippen LogP contribution in [0.15, 0.2) is 30.3 Å². The molecule has 1 aromatic heterocycles. The first-order chi connectivity index (χ1) is 16.1. The highest BCUT2D eigenvalue weighted by atomic mass is 16.6. The second kappa shape index (κ2) is 12.6. The minimum atomic E-state index is -0.526. The Labute approximate surface area is 203 Å². The van der Waals surface area contributed by atoms with E-state index in [0.29, 0.717) is 26.2 Å². The molecule has 2 heterocycles. The van der Waals surface area contributed by atoms with Crippen molar-refractivity contribution in [1.29, 1.82) is 0 Å². The van der Waals surface area contributed by atoms with Crippen LogP contribution >= 0.6 is 0 Å². The van der Waals surface area contributed by atoms with Gasteiger partial charge >= 0.3 is 6.09 Å². The predicted octanol–water partition coefficient (Wildman–Crippen LogP) is 5.12.